The van der Waals surface area contributed by atoms with Gasteiger partial charge in [-0.2, -0.15) is 0 Å². The van der Waals surface area contributed by atoms with Crippen LogP contribution in [0.1, 0.15) is 19.3 Å². The van der Waals surface area contributed by atoms with Gasteiger partial charge in [0.25, 0.3) is 0 Å². The second-order valence-electron chi connectivity index (χ2n) is 6.46. The summed E-state index contributed by atoms with van der Waals surface area (Å²) in [4.78, 5) is 18.1. The molecule has 0 aliphatic carbocycles. The molecule has 1 atom stereocenters. The number of hydrogen-bond donors (Lipinski definition) is 1. The van der Waals surface area contributed by atoms with E-state index in [1.165, 1.54) is 17.7 Å². The first-order chi connectivity index (χ1) is 11.7. The fourth-order valence-corrected chi connectivity index (χ4v) is 3.73. The van der Waals surface area contributed by atoms with E-state index in [2.05, 4.69) is 10.2 Å². The lowest BCUT2D eigenvalue weighted by atomic mass is 10.3. The van der Waals surface area contributed by atoms with Crippen molar-refractivity contribution < 1.29 is 9.53 Å². The number of anilines is 1. The molecule has 0 bridgehead atoms. The van der Waals surface area contributed by atoms with E-state index in [0.29, 0.717) is 6.54 Å². The summed E-state index contributed by atoms with van der Waals surface area (Å²) >= 11 is 1.70. The van der Waals surface area contributed by atoms with E-state index in [1.807, 2.05) is 35.4 Å². The first-order valence-corrected chi connectivity index (χ1v) is 10.0. The van der Waals surface area contributed by atoms with Crippen molar-refractivity contribution in [1.82, 2.24) is 9.80 Å². The Labute approximate surface area is 148 Å². The van der Waals surface area contributed by atoms with Crippen LogP contribution in [0.15, 0.2) is 29.2 Å². The number of thioether (sulfide) groups is 1. The molecule has 0 aromatic heterocycles. The Hall–Kier alpha value is -1.24. The first kappa shape index (κ1) is 17.6. The fraction of sp³-hybridized carbons (Fsp3) is 0.611. The zero-order valence-electron chi connectivity index (χ0n) is 14.4. The molecule has 132 valence electrons. The monoisotopic (exact) mass is 349 g/mol. The van der Waals surface area contributed by atoms with Crippen molar-refractivity contribution in [2.75, 3.05) is 50.9 Å². The Bertz CT molecular complexity index is 532. The van der Waals surface area contributed by atoms with Crippen LogP contribution in [0.5, 0.6) is 0 Å². The van der Waals surface area contributed by atoms with Gasteiger partial charge in [0.05, 0.1) is 6.10 Å². The van der Waals surface area contributed by atoms with Gasteiger partial charge in [0.2, 0.25) is 0 Å². The smallest absolute Gasteiger partial charge is 0.321 e. The van der Waals surface area contributed by atoms with E-state index in [4.69, 9.17) is 4.74 Å². The van der Waals surface area contributed by atoms with E-state index in [-0.39, 0.29) is 12.1 Å². The summed E-state index contributed by atoms with van der Waals surface area (Å²) in [7, 11) is 0. The number of likely N-dealkylation sites (tertiary alicyclic amines) is 1. The largest absolute Gasteiger partial charge is 0.375 e. The summed E-state index contributed by atoms with van der Waals surface area (Å²) in [6, 6.07) is 7.95. The molecule has 1 aromatic carbocycles. The molecule has 2 saturated heterocycles. The summed E-state index contributed by atoms with van der Waals surface area (Å²) in [5.74, 6) is 0. The minimum atomic E-state index is -0.0242. The van der Waals surface area contributed by atoms with E-state index in [0.717, 1.165) is 44.9 Å². The van der Waals surface area contributed by atoms with Crippen LogP contribution in [-0.2, 0) is 4.74 Å². The quantitative estimate of drug-likeness (QED) is 0.848. The van der Waals surface area contributed by atoms with Gasteiger partial charge in [0.1, 0.15) is 0 Å². The van der Waals surface area contributed by atoms with Crippen LogP contribution >= 0.6 is 11.8 Å². The van der Waals surface area contributed by atoms with Crippen LogP contribution in [-0.4, -0.2) is 67.5 Å². The van der Waals surface area contributed by atoms with Crippen LogP contribution in [0.4, 0.5) is 10.5 Å². The number of nitrogens with one attached hydrogen (secondary N) is 1. The highest BCUT2D eigenvalue weighted by Crippen LogP contribution is 2.18. The highest BCUT2D eigenvalue weighted by atomic mass is 32.2. The molecule has 2 fully saturated rings. The number of hydrogen-bond acceptors (Lipinski definition) is 4. The Balaban J connectivity index is 1.55. The third kappa shape index (κ3) is 4.88. The van der Waals surface area contributed by atoms with Crippen LogP contribution < -0.4 is 5.32 Å². The van der Waals surface area contributed by atoms with Crippen molar-refractivity contribution in [2.45, 2.75) is 30.3 Å². The molecule has 0 saturated carbocycles. The predicted octanol–water partition coefficient (Wildman–Crippen LogP) is 3.13. The number of rotatable bonds is 4. The summed E-state index contributed by atoms with van der Waals surface area (Å²) < 4.78 is 5.96. The third-order valence-electron chi connectivity index (χ3n) is 4.64. The van der Waals surface area contributed by atoms with Gasteiger partial charge < -0.3 is 19.9 Å². The third-order valence-corrected chi connectivity index (χ3v) is 5.38. The van der Waals surface area contributed by atoms with Crippen LogP contribution in [0.3, 0.4) is 0 Å². The minimum Gasteiger partial charge on any atom is -0.375 e. The molecule has 6 heteroatoms. The molecule has 5 nitrogen and oxygen atoms in total. The molecule has 2 aliphatic heterocycles. The summed E-state index contributed by atoms with van der Waals surface area (Å²) in [5, 5.41) is 3.01. The maximum Gasteiger partial charge on any atom is 0.321 e. The van der Waals surface area contributed by atoms with Crippen molar-refractivity contribution >= 4 is 23.5 Å². The topological polar surface area (TPSA) is 44.8 Å². The van der Waals surface area contributed by atoms with Crippen LogP contribution in [0, 0.1) is 0 Å². The molecule has 2 heterocycles. The summed E-state index contributed by atoms with van der Waals surface area (Å²) in [5.41, 5.74) is 0.846. The number of ether oxygens (including phenoxy) is 1. The molecule has 0 spiro atoms. The van der Waals surface area contributed by atoms with Gasteiger partial charge in [-0.15, -0.1) is 11.8 Å². The average Bonchev–Trinajstić information content (AvgIpc) is 2.99. The highest BCUT2D eigenvalue weighted by molar-refractivity contribution is 7.98. The SMILES string of the molecule is CSc1ccc(NC(=O)N2CCCO[C@@H](CN3CCCC3)C2)cc1. The van der Waals surface area contributed by atoms with E-state index in [1.54, 1.807) is 11.8 Å². The Morgan fingerprint density at radius 3 is 2.67 bits per heavy atom. The molecule has 2 amide bonds. The second-order valence-corrected chi connectivity index (χ2v) is 7.34. The Morgan fingerprint density at radius 1 is 1.21 bits per heavy atom. The van der Waals surface area contributed by atoms with Crippen LogP contribution in [0.2, 0.25) is 0 Å². The van der Waals surface area contributed by atoms with Gasteiger partial charge in [-0.1, -0.05) is 0 Å². The van der Waals surface area contributed by atoms with Gasteiger partial charge in [-0.3, -0.25) is 0 Å². The number of amides is 2. The number of nitrogens with zero attached hydrogens (tertiary/aromatic N) is 2. The molecule has 0 radical (unpaired) electrons. The van der Waals surface area contributed by atoms with Crippen molar-refractivity contribution in [3.8, 4) is 0 Å². The normalized spacial score (nSPS) is 22.4. The zero-order valence-corrected chi connectivity index (χ0v) is 15.2. The highest BCUT2D eigenvalue weighted by Gasteiger charge is 2.25. The summed E-state index contributed by atoms with van der Waals surface area (Å²) in [6.07, 6.45) is 5.63. The lowest BCUT2D eigenvalue weighted by Crippen LogP contribution is -2.43. The molecular weight excluding hydrogens is 322 g/mol. The van der Waals surface area contributed by atoms with Gasteiger partial charge in [-0.25, -0.2) is 4.79 Å². The van der Waals surface area contributed by atoms with Gasteiger partial charge in [0, 0.05) is 36.8 Å². The van der Waals surface area contributed by atoms with Crippen molar-refractivity contribution in [2.24, 2.45) is 0 Å². The molecule has 1 aromatic rings. The average molecular weight is 350 g/mol. The van der Waals surface area contributed by atoms with Crippen LogP contribution in [0.25, 0.3) is 0 Å². The standard InChI is InChI=1S/C18H27N3O2S/c1-24-17-7-5-15(6-8-17)19-18(22)21-11-4-12-23-16(14-21)13-20-9-2-3-10-20/h5-8,16H,2-4,9-14H2,1H3,(H,19,22)/t16-/m0/s1. The predicted molar refractivity (Wildman–Crippen MR) is 98.8 cm³/mol. The molecular formula is C18H27N3O2S. The Morgan fingerprint density at radius 2 is 1.96 bits per heavy atom. The van der Waals surface area contributed by atoms with Gasteiger partial charge in [-0.05, 0) is 62.9 Å². The summed E-state index contributed by atoms with van der Waals surface area (Å²) in [6.45, 7) is 5.43. The number of benzene rings is 1. The fourth-order valence-electron chi connectivity index (χ4n) is 3.32. The maximum absolute atomic E-state index is 12.6. The first-order valence-electron chi connectivity index (χ1n) is 8.78. The lowest BCUT2D eigenvalue weighted by Gasteiger charge is -2.27. The molecule has 0 unspecified atom stereocenters. The van der Waals surface area contributed by atoms with Crippen molar-refractivity contribution in [3.63, 3.8) is 0 Å². The van der Waals surface area contributed by atoms with Gasteiger partial charge in [0.15, 0.2) is 0 Å². The number of carbonyl (C=O) groups excluding carboxylic acids is 1. The van der Waals surface area contributed by atoms with Gasteiger partial charge >= 0.3 is 6.03 Å². The molecule has 24 heavy (non-hydrogen) atoms. The second kappa shape index (κ2) is 8.74. The van der Waals surface area contributed by atoms with E-state index >= 15 is 0 Å². The van der Waals surface area contributed by atoms with Crippen molar-refractivity contribution in [1.29, 1.82) is 0 Å². The number of carbonyl (C=O) groups is 1. The molecule has 3 rings (SSSR count). The van der Waals surface area contributed by atoms with Crippen molar-refractivity contribution in [3.05, 3.63) is 24.3 Å². The number of urea groups is 1. The van der Waals surface area contributed by atoms with E-state index < -0.39 is 0 Å². The maximum atomic E-state index is 12.6. The minimum absolute atomic E-state index is 0.0242. The lowest BCUT2D eigenvalue weighted by molar-refractivity contribution is 0.0355. The molecule has 1 N–H and O–H groups in total. The Kier molecular flexibility index (Phi) is 6.40. The van der Waals surface area contributed by atoms with E-state index in [9.17, 15) is 4.79 Å². The molecule has 2 aliphatic rings. The zero-order chi connectivity index (χ0) is 16.8.